The molecule has 3 saturated heterocycles. The maximum Gasteiger partial charge on any atom is 0.237 e. The number of carbonyl (C=O) groups excluding carboxylic acids is 2. The van der Waals surface area contributed by atoms with E-state index < -0.39 is 5.41 Å². The van der Waals surface area contributed by atoms with Crippen LogP contribution in [0, 0.1) is 5.41 Å². The predicted octanol–water partition coefficient (Wildman–Crippen LogP) is 4.09. The van der Waals surface area contributed by atoms with Gasteiger partial charge in [0.15, 0.2) is 11.6 Å². The summed E-state index contributed by atoms with van der Waals surface area (Å²) in [6.45, 7) is 5.86. The van der Waals surface area contributed by atoms with Crippen molar-refractivity contribution in [3.05, 3.63) is 60.4 Å². The summed E-state index contributed by atoms with van der Waals surface area (Å²) in [5.74, 6) is 2.05. The molecular weight excluding hydrogens is 578 g/mol. The monoisotopic (exact) mass is 619 g/mol. The van der Waals surface area contributed by atoms with E-state index in [0.29, 0.717) is 32.7 Å². The zero-order valence-electron chi connectivity index (χ0n) is 26.5. The molecular formula is C35H41N9O2. The fraction of sp³-hybridized carbons (Fsp3) is 0.457. The number of nitrogens with one attached hydrogen (secondary N) is 1. The van der Waals surface area contributed by atoms with Gasteiger partial charge in [0.1, 0.15) is 6.33 Å². The smallest absolute Gasteiger partial charge is 0.237 e. The van der Waals surface area contributed by atoms with Gasteiger partial charge in [0.2, 0.25) is 11.8 Å². The van der Waals surface area contributed by atoms with E-state index in [1.807, 2.05) is 22.9 Å². The minimum absolute atomic E-state index is 0.141. The van der Waals surface area contributed by atoms with Gasteiger partial charge in [-0.3, -0.25) is 24.3 Å². The second kappa shape index (κ2) is 11.7. The number of rotatable bonds is 6. The highest BCUT2D eigenvalue weighted by Gasteiger charge is 2.51. The zero-order chi connectivity index (χ0) is 31.3. The van der Waals surface area contributed by atoms with Crippen molar-refractivity contribution in [3.63, 3.8) is 0 Å². The maximum absolute atomic E-state index is 14.0. The Hall–Kier alpha value is -4.51. The Bertz CT molecular complexity index is 1800. The largest absolute Gasteiger partial charge is 0.355 e. The molecule has 1 atom stereocenters. The van der Waals surface area contributed by atoms with Crippen molar-refractivity contribution in [1.29, 1.82) is 0 Å². The van der Waals surface area contributed by atoms with Crippen LogP contribution < -0.4 is 9.80 Å². The lowest BCUT2D eigenvalue weighted by Crippen LogP contribution is -2.43. The van der Waals surface area contributed by atoms with Gasteiger partial charge in [-0.25, -0.2) is 4.98 Å². The molecule has 8 rings (SSSR count). The first-order valence-electron chi connectivity index (χ1n) is 16.7. The highest BCUT2D eigenvalue weighted by atomic mass is 16.2. The summed E-state index contributed by atoms with van der Waals surface area (Å²) in [5, 5.41) is 13.3. The van der Waals surface area contributed by atoms with Crippen LogP contribution in [-0.2, 0) is 16.6 Å². The van der Waals surface area contributed by atoms with Gasteiger partial charge in [0, 0.05) is 63.0 Å². The topological polar surface area (TPSA) is 106 Å². The molecule has 4 aliphatic heterocycles. The Morgan fingerprint density at radius 3 is 2.52 bits per heavy atom. The van der Waals surface area contributed by atoms with Gasteiger partial charge in [0.25, 0.3) is 0 Å². The molecule has 4 aliphatic rings. The lowest BCUT2D eigenvalue weighted by molar-refractivity contribution is -0.132. The molecule has 6 heterocycles. The third-order valence-electron chi connectivity index (χ3n) is 10.5. The van der Waals surface area contributed by atoms with Crippen LogP contribution in [0.1, 0.15) is 44.1 Å². The number of fused-ring (bicyclic) bond motifs is 1. The molecule has 4 aromatic rings. The zero-order valence-corrected chi connectivity index (χ0v) is 26.5. The van der Waals surface area contributed by atoms with Gasteiger partial charge in [-0.05, 0) is 74.4 Å². The van der Waals surface area contributed by atoms with Gasteiger partial charge in [-0.1, -0.05) is 30.3 Å². The SMILES string of the molecule is Cn1cnc(-c2ccc(C3=CCN(C(=O)CN4CC[C@]5(CCN(c6ccc7[nH]nc(N8CCCCC8)c7c6)C5=O)C4)CC3)cc2)n1. The number of aryl methyl sites for hydroxylation is 1. The molecule has 0 unspecified atom stereocenters. The fourth-order valence-corrected chi connectivity index (χ4v) is 7.80. The first kappa shape index (κ1) is 28.9. The molecule has 1 N–H and O–H groups in total. The molecule has 0 aliphatic carbocycles. The molecule has 2 amide bonds. The van der Waals surface area contributed by atoms with Crippen LogP contribution in [0.25, 0.3) is 27.9 Å². The Balaban J connectivity index is 0.882. The van der Waals surface area contributed by atoms with E-state index in [0.717, 1.165) is 72.7 Å². The minimum atomic E-state index is -0.409. The standard InChI is InChI=1S/C35H41N9O2/c1-40-24-36-32(39-40)27-7-5-25(6-8-27)26-11-17-42(18-12-26)31(45)22-41-19-13-35(23-41)14-20-44(34(35)46)28-9-10-30-29(21-28)33(38-37-30)43-15-3-2-4-16-43/h5-11,21,24H,2-4,12-20,22-23H2,1H3,(H,37,38)/t35-/m0/s1. The molecule has 3 fully saturated rings. The summed E-state index contributed by atoms with van der Waals surface area (Å²) >= 11 is 0. The van der Waals surface area contributed by atoms with Crippen LogP contribution in [0.3, 0.4) is 0 Å². The van der Waals surface area contributed by atoms with E-state index in [1.54, 1.807) is 11.0 Å². The number of hydrogen-bond acceptors (Lipinski definition) is 7. The summed E-state index contributed by atoms with van der Waals surface area (Å²) in [6.07, 6.45) is 9.98. The van der Waals surface area contributed by atoms with Crippen molar-refractivity contribution < 1.29 is 9.59 Å². The van der Waals surface area contributed by atoms with Crippen molar-refractivity contribution in [2.75, 3.05) is 62.2 Å². The lowest BCUT2D eigenvalue weighted by atomic mass is 9.85. The quantitative estimate of drug-likeness (QED) is 0.347. The minimum Gasteiger partial charge on any atom is -0.355 e. The van der Waals surface area contributed by atoms with Gasteiger partial charge >= 0.3 is 0 Å². The number of amides is 2. The molecule has 11 nitrogen and oxygen atoms in total. The Labute approximate surface area is 268 Å². The number of anilines is 2. The fourth-order valence-electron chi connectivity index (χ4n) is 7.80. The lowest BCUT2D eigenvalue weighted by Gasteiger charge is -2.29. The third kappa shape index (κ3) is 5.26. The van der Waals surface area contributed by atoms with Crippen LogP contribution in [0.5, 0.6) is 0 Å². The molecule has 11 heteroatoms. The van der Waals surface area contributed by atoms with E-state index in [-0.39, 0.29) is 11.8 Å². The van der Waals surface area contributed by atoms with E-state index in [9.17, 15) is 9.59 Å². The van der Waals surface area contributed by atoms with Crippen LogP contribution >= 0.6 is 0 Å². The highest BCUT2D eigenvalue weighted by molar-refractivity contribution is 6.03. The molecule has 46 heavy (non-hydrogen) atoms. The van der Waals surface area contributed by atoms with Crippen LogP contribution in [-0.4, -0.2) is 98.9 Å². The summed E-state index contributed by atoms with van der Waals surface area (Å²) in [5.41, 5.74) is 4.97. The summed E-state index contributed by atoms with van der Waals surface area (Å²) in [7, 11) is 1.86. The van der Waals surface area contributed by atoms with Crippen LogP contribution in [0.15, 0.2) is 54.9 Å². The van der Waals surface area contributed by atoms with E-state index in [2.05, 4.69) is 72.6 Å². The average Bonchev–Trinajstić information content (AvgIpc) is 3.89. The number of H-pyrrole nitrogens is 1. The first-order valence-corrected chi connectivity index (χ1v) is 16.7. The third-order valence-corrected chi connectivity index (χ3v) is 10.5. The van der Waals surface area contributed by atoms with Crippen LogP contribution in [0.4, 0.5) is 11.5 Å². The summed E-state index contributed by atoms with van der Waals surface area (Å²) in [6, 6.07) is 14.6. The number of carbonyl (C=O) groups is 2. The molecule has 0 saturated carbocycles. The molecule has 1 spiro atoms. The second-order valence-electron chi connectivity index (χ2n) is 13.4. The van der Waals surface area contributed by atoms with Gasteiger partial charge in [-0.2, -0.15) is 10.2 Å². The van der Waals surface area contributed by atoms with Crippen molar-refractivity contribution in [2.24, 2.45) is 12.5 Å². The number of piperidine rings is 1. The Morgan fingerprint density at radius 2 is 1.76 bits per heavy atom. The number of hydrogen-bond donors (Lipinski definition) is 1. The Morgan fingerprint density at radius 1 is 0.957 bits per heavy atom. The Kier molecular flexibility index (Phi) is 7.35. The van der Waals surface area contributed by atoms with Crippen molar-refractivity contribution >= 4 is 39.8 Å². The van der Waals surface area contributed by atoms with Crippen molar-refractivity contribution in [3.8, 4) is 11.4 Å². The van der Waals surface area contributed by atoms with Gasteiger partial charge < -0.3 is 14.7 Å². The number of aromatic amines is 1. The number of likely N-dealkylation sites (tertiary alicyclic amines) is 1. The first-order chi connectivity index (χ1) is 22.5. The predicted molar refractivity (Wildman–Crippen MR) is 178 cm³/mol. The normalized spacial score (nSPS) is 22.4. The maximum atomic E-state index is 14.0. The number of benzene rings is 2. The summed E-state index contributed by atoms with van der Waals surface area (Å²) < 4.78 is 1.70. The van der Waals surface area contributed by atoms with E-state index in [1.165, 1.54) is 30.4 Å². The second-order valence-corrected chi connectivity index (χ2v) is 13.4. The van der Waals surface area contributed by atoms with E-state index >= 15 is 0 Å². The summed E-state index contributed by atoms with van der Waals surface area (Å²) in [4.78, 5) is 40.1. The molecule has 238 valence electrons. The van der Waals surface area contributed by atoms with Gasteiger partial charge in [0.05, 0.1) is 17.5 Å². The molecule has 0 radical (unpaired) electrons. The number of nitrogens with zero attached hydrogens (tertiary/aromatic N) is 8. The average molecular weight is 620 g/mol. The molecule has 2 aromatic carbocycles. The van der Waals surface area contributed by atoms with Crippen LogP contribution in [0.2, 0.25) is 0 Å². The highest BCUT2D eigenvalue weighted by Crippen LogP contribution is 2.43. The van der Waals surface area contributed by atoms with Gasteiger partial charge in [-0.15, -0.1) is 0 Å². The number of aromatic nitrogens is 5. The van der Waals surface area contributed by atoms with Crippen molar-refractivity contribution in [2.45, 2.75) is 38.5 Å². The van der Waals surface area contributed by atoms with Crippen molar-refractivity contribution in [1.82, 2.24) is 34.8 Å². The molecule has 2 aromatic heterocycles. The van der Waals surface area contributed by atoms with E-state index in [4.69, 9.17) is 0 Å². The molecule has 0 bridgehead atoms.